The molecule has 3 rings (SSSR count). The van der Waals surface area contributed by atoms with Crippen molar-refractivity contribution in [3.63, 3.8) is 0 Å². The molecule has 0 aliphatic carbocycles. The summed E-state index contributed by atoms with van der Waals surface area (Å²) in [5, 5.41) is 13.1. The molecule has 0 spiro atoms. The van der Waals surface area contributed by atoms with Gasteiger partial charge in [-0.05, 0) is 25.1 Å². The van der Waals surface area contributed by atoms with Crippen LogP contribution in [0.15, 0.2) is 24.5 Å². The maximum atomic E-state index is 12.0. The van der Waals surface area contributed by atoms with Crippen molar-refractivity contribution in [2.75, 3.05) is 11.9 Å². The Morgan fingerprint density at radius 3 is 3.22 bits per heavy atom. The Balaban J connectivity index is 1.81. The maximum absolute atomic E-state index is 12.0. The lowest BCUT2D eigenvalue weighted by Crippen LogP contribution is -2.24. The number of amides is 1. The lowest BCUT2D eigenvalue weighted by Gasteiger charge is -2.12. The van der Waals surface area contributed by atoms with Gasteiger partial charge >= 0.3 is 0 Å². The summed E-state index contributed by atoms with van der Waals surface area (Å²) in [7, 11) is 0. The first-order valence-corrected chi connectivity index (χ1v) is 5.83. The molecule has 0 atom stereocenters. The first kappa shape index (κ1) is 10.9. The molecule has 1 aliphatic heterocycles. The van der Waals surface area contributed by atoms with Gasteiger partial charge < -0.3 is 10.6 Å². The van der Waals surface area contributed by atoms with Gasteiger partial charge in [-0.3, -0.25) is 14.9 Å². The predicted octanol–water partition coefficient (Wildman–Crippen LogP) is 0.703. The van der Waals surface area contributed by atoms with Gasteiger partial charge in [0.1, 0.15) is 0 Å². The Morgan fingerprint density at radius 2 is 2.39 bits per heavy atom. The third kappa shape index (κ3) is 1.98. The number of rotatable bonds is 2. The summed E-state index contributed by atoms with van der Waals surface area (Å²) in [4.78, 5) is 15.9. The molecule has 0 unspecified atom stereocenters. The molecule has 0 bridgehead atoms. The molecular weight excluding hydrogens is 230 g/mol. The van der Waals surface area contributed by atoms with E-state index in [9.17, 15) is 4.79 Å². The number of anilines is 1. The second-order valence-electron chi connectivity index (χ2n) is 4.15. The smallest absolute Gasteiger partial charge is 0.258 e. The molecule has 6 heteroatoms. The number of aromatic amines is 1. The number of pyridine rings is 1. The van der Waals surface area contributed by atoms with Crippen LogP contribution in [0.3, 0.4) is 0 Å². The van der Waals surface area contributed by atoms with E-state index in [4.69, 9.17) is 0 Å². The SMILES string of the molecule is O=C(Nc1n[nH]c2c1CCNC2)c1cccnc1. The fourth-order valence-corrected chi connectivity index (χ4v) is 2.02. The third-order valence-corrected chi connectivity index (χ3v) is 2.96. The molecule has 0 saturated heterocycles. The standard InChI is InChI=1S/C12H13N5O/c18-12(8-2-1-4-13-6-8)15-11-9-3-5-14-7-10(9)16-17-11/h1-2,4,6,14H,3,5,7H2,(H2,15,16,17,18). The number of fused-ring (bicyclic) bond motifs is 1. The van der Waals surface area contributed by atoms with Crippen molar-refractivity contribution in [3.05, 3.63) is 41.3 Å². The van der Waals surface area contributed by atoms with E-state index in [1.165, 1.54) is 6.20 Å². The zero-order chi connectivity index (χ0) is 12.4. The van der Waals surface area contributed by atoms with E-state index < -0.39 is 0 Å². The maximum Gasteiger partial charge on any atom is 0.258 e. The van der Waals surface area contributed by atoms with Gasteiger partial charge in [-0.25, -0.2) is 0 Å². The third-order valence-electron chi connectivity index (χ3n) is 2.96. The summed E-state index contributed by atoms with van der Waals surface area (Å²) < 4.78 is 0. The summed E-state index contributed by atoms with van der Waals surface area (Å²) in [6.07, 6.45) is 4.04. The lowest BCUT2D eigenvalue weighted by molar-refractivity contribution is 0.102. The number of carbonyl (C=O) groups excluding carboxylic acids is 1. The molecule has 0 aromatic carbocycles. The molecule has 1 aliphatic rings. The van der Waals surface area contributed by atoms with Gasteiger partial charge in [0.2, 0.25) is 0 Å². The first-order chi connectivity index (χ1) is 8.84. The number of hydrogen-bond acceptors (Lipinski definition) is 4. The summed E-state index contributed by atoms with van der Waals surface area (Å²) in [6, 6.07) is 3.46. The molecule has 92 valence electrons. The molecule has 1 amide bonds. The van der Waals surface area contributed by atoms with Crippen LogP contribution in [0.4, 0.5) is 5.82 Å². The highest BCUT2D eigenvalue weighted by Crippen LogP contribution is 2.20. The molecule has 2 aromatic heterocycles. The van der Waals surface area contributed by atoms with Crippen molar-refractivity contribution >= 4 is 11.7 Å². The van der Waals surface area contributed by atoms with Crippen LogP contribution in [-0.2, 0) is 13.0 Å². The van der Waals surface area contributed by atoms with Crippen LogP contribution in [0.1, 0.15) is 21.6 Å². The van der Waals surface area contributed by atoms with Crippen LogP contribution in [0.2, 0.25) is 0 Å². The Labute approximate surface area is 104 Å². The molecular formula is C12H13N5O. The molecule has 0 saturated carbocycles. The normalized spacial score (nSPS) is 14.0. The number of carbonyl (C=O) groups is 1. The number of nitrogens with zero attached hydrogens (tertiary/aromatic N) is 2. The van der Waals surface area contributed by atoms with Crippen molar-refractivity contribution in [1.82, 2.24) is 20.5 Å². The predicted molar refractivity (Wildman–Crippen MR) is 66.2 cm³/mol. The highest BCUT2D eigenvalue weighted by atomic mass is 16.1. The Kier molecular flexibility index (Phi) is 2.77. The van der Waals surface area contributed by atoms with Gasteiger partial charge in [-0.2, -0.15) is 5.10 Å². The topological polar surface area (TPSA) is 82.7 Å². The Bertz CT molecular complexity index is 563. The van der Waals surface area contributed by atoms with Crippen molar-refractivity contribution in [1.29, 1.82) is 0 Å². The monoisotopic (exact) mass is 243 g/mol. The fourth-order valence-electron chi connectivity index (χ4n) is 2.02. The summed E-state index contributed by atoms with van der Waals surface area (Å²) in [5.41, 5.74) is 2.66. The van der Waals surface area contributed by atoms with Gasteiger partial charge in [-0.15, -0.1) is 0 Å². The van der Waals surface area contributed by atoms with Crippen molar-refractivity contribution in [3.8, 4) is 0 Å². The minimum absolute atomic E-state index is 0.184. The molecule has 6 nitrogen and oxygen atoms in total. The van der Waals surface area contributed by atoms with E-state index in [-0.39, 0.29) is 5.91 Å². The second-order valence-corrected chi connectivity index (χ2v) is 4.15. The second kappa shape index (κ2) is 4.58. The van der Waals surface area contributed by atoms with Crippen molar-refractivity contribution in [2.24, 2.45) is 0 Å². The van der Waals surface area contributed by atoms with Crippen LogP contribution >= 0.6 is 0 Å². The quantitative estimate of drug-likeness (QED) is 0.725. The molecule has 0 fully saturated rings. The molecule has 3 N–H and O–H groups in total. The van der Waals surface area contributed by atoms with Crippen LogP contribution in [0.5, 0.6) is 0 Å². The van der Waals surface area contributed by atoms with E-state index in [0.717, 1.165) is 30.8 Å². The van der Waals surface area contributed by atoms with Gasteiger partial charge in [0.15, 0.2) is 5.82 Å². The first-order valence-electron chi connectivity index (χ1n) is 5.83. The Morgan fingerprint density at radius 1 is 1.44 bits per heavy atom. The largest absolute Gasteiger partial charge is 0.311 e. The van der Waals surface area contributed by atoms with Gasteiger partial charge in [0.25, 0.3) is 5.91 Å². The highest BCUT2D eigenvalue weighted by Gasteiger charge is 2.18. The van der Waals surface area contributed by atoms with Gasteiger partial charge in [-0.1, -0.05) is 0 Å². The van der Waals surface area contributed by atoms with Crippen molar-refractivity contribution in [2.45, 2.75) is 13.0 Å². The molecule has 3 heterocycles. The van der Waals surface area contributed by atoms with Gasteiger partial charge in [0, 0.05) is 24.5 Å². The van der Waals surface area contributed by atoms with Crippen LogP contribution in [0, 0.1) is 0 Å². The minimum atomic E-state index is -0.184. The average molecular weight is 243 g/mol. The zero-order valence-corrected chi connectivity index (χ0v) is 9.73. The molecule has 2 aromatic rings. The number of nitrogens with one attached hydrogen (secondary N) is 3. The van der Waals surface area contributed by atoms with Crippen LogP contribution in [-0.4, -0.2) is 27.6 Å². The van der Waals surface area contributed by atoms with Gasteiger partial charge in [0.05, 0.1) is 11.3 Å². The van der Waals surface area contributed by atoms with Crippen LogP contribution < -0.4 is 10.6 Å². The zero-order valence-electron chi connectivity index (χ0n) is 9.73. The average Bonchev–Trinajstić information content (AvgIpc) is 2.83. The van der Waals surface area contributed by atoms with E-state index in [1.807, 2.05) is 0 Å². The van der Waals surface area contributed by atoms with E-state index >= 15 is 0 Å². The number of aromatic nitrogens is 3. The van der Waals surface area contributed by atoms with Crippen LogP contribution in [0.25, 0.3) is 0 Å². The van der Waals surface area contributed by atoms with E-state index in [2.05, 4.69) is 25.8 Å². The van der Waals surface area contributed by atoms with Crippen molar-refractivity contribution < 1.29 is 4.79 Å². The molecule has 0 radical (unpaired) electrons. The summed E-state index contributed by atoms with van der Waals surface area (Å²) in [5.74, 6) is 0.441. The Hall–Kier alpha value is -2.21. The van der Waals surface area contributed by atoms with E-state index in [1.54, 1.807) is 18.3 Å². The summed E-state index contributed by atoms with van der Waals surface area (Å²) >= 11 is 0. The number of hydrogen-bond donors (Lipinski definition) is 3. The fraction of sp³-hybridized carbons (Fsp3) is 0.250. The van der Waals surface area contributed by atoms with E-state index in [0.29, 0.717) is 11.4 Å². The molecule has 18 heavy (non-hydrogen) atoms. The lowest BCUT2D eigenvalue weighted by atomic mass is 10.1. The highest BCUT2D eigenvalue weighted by molar-refractivity contribution is 6.03. The minimum Gasteiger partial charge on any atom is -0.311 e. The number of H-pyrrole nitrogens is 1. The summed E-state index contributed by atoms with van der Waals surface area (Å²) in [6.45, 7) is 1.67.